The van der Waals surface area contributed by atoms with E-state index < -0.39 is 0 Å². The first-order valence-electron chi connectivity index (χ1n) is 6.46. The van der Waals surface area contributed by atoms with Crippen LogP contribution in [-0.2, 0) is 4.74 Å². The molecule has 1 rings (SSSR count). The lowest BCUT2D eigenvalue weighted by Crippen LogP contribution is -2.22. The lowest BCUT2D eigenvalue weighted by molar-refractivity contribution is 0.192. The summed E-state index contributed by atoms with van der Waals surface area (Å²) in [6.07, 6.45) is 3.19. The van der Waals surface area contributed by atoms with Gasteiger partial charge in [0, 0.05) is 25.9 Å². The lowest BCUT2D eigenvalue weighted by Gasteiger charge is -2.06. The molecule has 20 heavy (non-hydrogen) atoms. The molecule has 6 heteroatoms. The van der Waals surface area contributed by atoms with Crippen molar-refractivity contribution in [3.8, 4) is 5.75 Å². The third-order valence-electron chi connectivity index (χ3n) is 2.65. The van der Waals surface area contributed by atoms with Crippen LogP contribution in [0.4, 0.5) is 5.69 Å². The SMILES string of the molecule is COCCCCCN=C(N)Nc1ccc(OC)cc1.I. The summed E-state index contributed by atoms with van der Waals surface area (Å²) < 4.78 is 10.1. The monoisotopic (exact) mass is 393 g/mol. The number of anilines is 1. The summed E-state index contributed by atoms with van der Waals surface area (Å²) >= 11 is 0. The van der Waals surface area contributed by atoms with Gasteiger partial charge >= 0.3 is 0 Å². The van der Waals surface area contributed by atoms with E-state index >= 15 is 0 Å². The third kappa shape index (κ3) is 8.21. The van der Waals surface area contributed by atoms with E-state index in [9.17, 15) is 0 Å². The van der Waals surface area contributed by atoms with Crippen LogP contribution in [0.15, 0.2) is 29.3 Å². The Balaban J connectivity index is 0.00000361. The molecule has 1 aromatic rings. The number of guanidine groups is 1. The Morgan fingerprint density at radius 3 is 2.45 bits per heavy atom. The van der Waals surface area contributed by atoms with Gasteiger partial charge < -0.3 is 20.5 Å². The van der Waals surface area contributed by atoms with Gasteiger partial charge in [-0.15, -0.1) is 24.0 Å². The van der Waals surface area contributed by atoms with Gasteiger partial charge in [-0.2, -0.15) is 0 Å². The highest BCUT2D eigenvalue weighted by molar-refractivity contribution is 14.0. The van der Waals surface area contributed by atoms with Crippen LogP contribution < -0.4 is 15.8 Å². The average molecular weight is 393 g/mol. The predicted molar refractivity (Wildman–Crippen MR) is 94.2 cm³/mol. The number of ether oxygens (including phenoxy) is 2. The van der Waals surface area contributed by atoms with Crippen molar-refractivity contribution in [1.29, 1.82) is 0 Å². The first-order valence-corrected chi connectivity index (χ1v) is 6.46. The van der Waals surface area contributed by atoms with E-state index in [0.717, 1.165) is 43.9 Å². The van der Waals surface area contributed by atoms with Crippen LogP contribution in [0.25, 0.3) is 0 Å². The number of rotatable bonds is 8. The topological polar surface area (TPSA) is 68.9 Å². The van der Waals surface area contributed by atoms with Crippen LogP contribution in [0, 0.1) is 0 Å². The number of aliphatic imine (C=N–C) groups is 1. The number of benzene rings is 1. The van der Waals surface area contributed by atoms with Crippen LogP contribution in [0.3, 0.4) is 0 Å². The summed E-state index contributed by atoms with van der Waals surface area (Å²) in [7, 11) is 3.36. The summed E-state index contributed by atoms with van der Waals surface area (Å²) in [6.45, 7) is 1.54. The number of unbranched alkanes of at least 4 members (excludes halogenated alkanes) is 2. The van der Waals surface area contributed by atoms with Gasteiger partial charge in [-0.25, -0.2) is 0 Å². The van der Waals surface area contributed by atoms with E-state index in [1.165, 1.54) is 0 Å². The molecule has 0 aromatic heterocycles. The van der Waals surface area contributed by atoms with E-state index in [-0.39, 0.29) is 24.0 Å². The number of hydrogen-bond donors (Lipinski definition) is 2. The van der Waals surface area contributed by atoms with Gasteiger partial charge in [0.05, 0.1) is 7.11 Å². The average Bonchev–Trinajstić information content (AvgIpc) is 2.43. The molecule has 0 amide bonds. The normalized spacial score (nSPS) is 10.8. The molecule has 0 aliphatic heterocycles. The minimum Gasteiger partial charge on any atom is -0.497 e. The second-order valence-electron chi connectivity index (χ2n) is 4.17. The summed E-state index contributed by atoms with van der Waals surface area (Å²) in [5.74, 6) is 1.26. The standard InChI is InChI=1S/C14H23N3O2.HI/c1-18-11-5-3-4-10-16-14(15)17-12-6-8-13(19-2)9-7-12;/h6-9H,3-5,10-11H2,1-2H3,(H3,15,16,17);1H. The molecule has 5 nitrogen and oxygen atoms in total. The molecule has 3 N–H and O–H groups in total. The van der Waals surface area contributed by atoms with E-state index in [2.05, 4.69) is 10.3 Å². The number of halogens is 1. The Bertz CT molecular complexity index is 383. The zero-order chi connectivity index (χ0) is 13.9. The van der Waals surface area contributed by atoms with Crippen LogP contribution in [-0.4, -0.2) is 33.3 Å². The summed E-state index contributed by atoms with van der Waals surface area (Å²) in [6, 6.07) is 7.56. The third-order valence-corrected chi connectivity index (χ3v) is 2.65. The maximum atomic E-state index is 5.80. The smallest absolute Gasteiger partial charge is 0.193 e. The van der Waals surface area contributed by atoms with Crippen molar-refractivity contribution in [1.82, 2.24) is 0 Å². The largest absolute Gasteiger partial charge is 0.497 e. The fourth-order valence-corrected chi connectivity index (χ4v) is 1.60. The maximum Gasteiger partial charge on any atom is 0.193 e. The first kappa shape index (κ1) is 19.0. The maximum absolute atomic E-state index is 5.80. The molecule has 0 unspecified atom stereocenters. The first-order chi connectivity index (χ1) is 9.26. The second kappa shape index (κ2) is 11.8. The molecule has 0 aliphatic rings. The molecule has 0 radical (unpaired) electrons. The zero-order valence-electron chi connectivity index (χ0n) is 12.1. The fraction of sp³-hybridized carbons (Fsp3) is 0.500. The van der Waals surface area contributed by atoms with Gasteiger partial charge in [-0.05, 0) is 43.5 Å². The van der Waals surface area contributed by atoms with E-state index in [0.29, 0.717) is 5.96 Å². The molecule has 0 heterocycles. The van der Waals surface area contributed by atoms with Gasteiger partial charge in [0.2, 0.25) is 0 Å². The van der Waals surface area contributed by atoms with Crippen molar-refractivity contribution >= 4 is 35.6 Å². The molecular formula is C14H24IN3O2. The fourth-order valence-electron chi connectivity index (χ4n) is 1.60. The Kier molecular flexibility index (Phi) is 11.2. The predicted octanol–water partition coefficient (Wildman–Crippen LogP) is 2.86. The second-order valence-corrected chi connectivity index (χ2v) is 4.17. The Hall–Kier alpha value is -1.02. The van der Waals surface area contributed by atoms with Crippen LogP contribution >= 0.6 is 24.0 Å². The minimum absolute atomic E-state index is 0. The molecule has 0 saturated heterocycles. The zero-order valence-corrected chi connectivity index (χ0v) is 14.4. The highest BCUT2D eigenvalue weighted by Crippen LogP contribution is 2.14. The summed E-state index contributed by atoms with van der Waals surface area (Å²) in [5.41, 5.74) is 6.70. The van der Waals surface area contributed by atoms with Crippen molar-refractivity contribution in [3.63, 3.8) is 0 Å². The van der Waals surface area contributed by atoms with Crippen molar-refractivity contribution in [3.05, 3.63) is 24.3 Å². The van der Waals surface area contributed by atoms with Gasteiger partial charge in [0.15, 0.2) is 5.96 Å². The number of nitrogens with two attached hydrogens (primary N) is 1. The number of nitrogens with zero attached hydrogens (tertiary/aromatic N) is 1. The quantitative estimate of drug-likeness (QED) is 0.309. The van der Waals surface area contributed by atoms with Crippen molar-refractivity contribution in [2.24, 2.45) is 10.7 Å². The molecule has 0 bridgehead atoms. The van der Waals surface area contributed by atoms with Crippen molar-refractivity contribution in [2.45, 2.75) is 19.3 Å². The van der Waals surface area contributed by atoms with Crippen LogP contribution in [0.5, 0.6) is 5.75 Å². The number of nitrogens with one attached hydrogen (secondary N) is 1. The molecule has 0 atom stereocenters. The number of methoxy groups -OCH3 is 2. The molecule has 0 saturated carbocycles. The van der Waals surface area contributed by atoms with Gasteiger partial charge in [-0.3, -0.25) is 4.99 Å². The van der Waals surface area contributed by atoms with E-state index in [1.54, 1.807) is 14.2 Å². The molecule has 0 spiro atoms. The van der Waals surface area contributed by atoms with Crippen LogP contribution in [0.1, 0.15) is 19.3 Å². The minimum atomic E-state index is 0. The number of hydrogen-bond acceptors (Lipinski definition) is 3. The lowest BCUT2D eigenvalue weighted by atomic mass is 10.2. The van der Waals surface area contributed by atoms with Crippen LogP contribution in [0.2, 0.25) is 0 Å². The Labute approximate surface area is 138 Å². The molecule has 1 aromatic carbocycles. The van der Waals surface area contributed by atoms with E-state index in [1.807, 2.05) is 24.3 Å². The molecule has 0 fully saturated rings. The summed E-state index contributed by atoms with van der Waals surface area (Å²) in [5, 5.41) is 3.04. The van der Waals surface area contributed by atoms with Crippen molar-refractivity contribution < 1.29 is 9.47 Å². The molecule has 0 aliphatic carbocycles. The van der Waals surface area contributed by atoms with Gasteiger partial charge in [0.25, 0.3) is 0 Å². The highest BCUT2D eigenvalue weighted by Gasteiger charge is 1.96. The van der Waals surface area contributed by atoms with E-state index in [4.69, 9.17) is 15.2 Å². The Morgan fingerprint density at radius 2 is 1.85 bits per heavy atom. The highest BCUT2D eigenvalue weighted by atomic mass is 127. The molecular weight excluding hydrogens is 369 g/mol. The van der Waals surface area contributed by atoms with Crippen molar-refractivity contribution in [2.75, 3.05) is 32.7 Å². The summed E-state index contributed by atoms with van der Waals surface area (Å²) in [4.78, 5) is 4.27. The van der Waals surface area contributed by atoms with Gasteiger partial charge in [-0.1, -0.05) is 0 Å². The van der Waals surface area contributed by atoms with Gasteiger partial charge in [0.1, 0.15) is 5.75 Å². The molecule has 114 valence electrons. The Morgan fingerprint density at radius 1 is 1.15 bits per heavy atom.